The van der Waals surface area contributed by atoms with Crippen molar-refractivity contribution in [2.24, 2.45) is 0 Å². The lowest BCUT2D eigenvalue weighted by Crippen LogP contribution is -2.14. The summed E-state index contributed by atoms with van der Waals surface area (Å²) in [5, 5.41) is 12.5. The first-order chi connectivity index (χ1) is 9.29. The van der Waals surface area contributed by atoms with Crippen LogP contribution in [0, 0.1) is 0 Å². The molecular formula is C13H21N3OS2. The van der Waals surface area contributed by atoms with Gasteiger partial charge in [0, 0.05) is 13.0 Å². The molecule has 1 N–H and O–H groups in total. The summed E-state index contributed by atoms with van der Waals surface area (Å²) in [6, 6.07) is 0. The van der Waals surface area contributed by atoms with Crippen molar-refractivity contribution in [2.45, 2.75) is 61.5 Å². The highest BCUT2D eigenvalue weighted by Crippen LogP contribution is 2.33. The number of unbranched alkanes of at least 4 members (excludes halogenated alkanes) is 1. The van der Waals surface area contributed by atoms with Gasteiger partial charge in [-0.1, -0.05) is 49.3 Å². The SMILES string of the molecule is CCCCNc1nnc(SC2CCCCCC2=O)s1. The Bertz CT molecular complexity index is 408. The predicted molar refractivity (Wildman–Crippen MR) is 81.0 cm³/mol. The Labute approximate surface area is 122 Å². The average molecular weight is 299 g/mol. The molecule has 2 rings (SSSR count). The van der Waals surface area contributed by atoms with E-state index in [2.05, 4.69) is 22.4 Å². The third kappa shape index (κ3) is 4.76. The minimum atomic E-state index is 0.0962. The number of nitrogens with one attached hydrogen (secondary N) is 1. The number of anilines is 1. The van der Waals surface area contributed by atoms with Gasteiger partial charge in [0.05, 0.1) is 5.25 Å². The van der Waals surface area contributed by atoms with E-state index in [4.69, 9.17) is 0 Å². The Kier molecular flexibility index (Phi) is 6.10. The normalized spacial score (nSPS) is 20.3. The minimum absolute atomic E-state index is 0.0962. The van der Waals surface area contributed by atoms with E-state index in [1.807, 2.05) is 0 Å². The second kappa shape index (κ2) is 7.85. The molecule has 0 spiro atoms. The van der Waals surface area contributed by atoms with Crippen LogP contribution in [-0.4, -0.2) is 27.8 Å². The van der Waals surface area contributed by atoms with Gasteiger partial charge in [-0.15, -0.1) is 10.2 Å². The molecule has 1 fully saturated rings. The summed E-state index contributed by atoms with van der Waals surface area (Å²) in [6.07, 6.45) is 7.43. The van der Waals surface area contributed by atoms with E-state index in [0.717, 1.165) is 48.1 Å². The third-order valence-corrected chi connectivity index (χ3v) is 5.49. The van der Waals surface area contributed by atoms with Crippen LogP contribution in [0.15, 0.2) is 4.34 Å². The second-order valence-electron chi connectivity index (χ2n) is 4.83. The number of aromatic nitrogens is 2. The molecule has 19 heavy (non-hydrogen) atoms. The van der Waals surface area contributed by atoms with Crippen LogP contribution in [0.25, 0.3) is 0 Å². The van der Waals surface area contributed by atoms with Crippen molar-refractivity contribution in [3.8, 4) is 0 Å². The molecule has 1 atom stereocenters. The van der Waals surface area contributed by atoms with Crippen molar-refractivity contribution in [1.29, 1.82) is 0 Å². The number of ketones is 1. The zero-order valence-corrected chi connectivity index (χ0v) is 13.0. The Balaban J connectivity index is 1.86. The van der Waals surface area contributed by atoms with E-state index < -0.39 is 0 Å². The van der Waals surface area contributed by atoms with Crippen LogP contribution in [0.1, 0.15) is 51.9 Å². The molecule has 0 saturated heterocycles. The first kappa shape index (κ1) is 14.8. The quantitative estimate of drug-likeness (QED) is 0.640. The summed E-state index contributed by atoms with van der Waals surface area (Å²) < 4.78 is 0.916. The third-order valence-electron chi connectivity index (χ3n) is 3.20. The van der Waals surface area contributed by atoms with Crippen LogP contribution in [-0.2, 0) is 4.79 Å². The molecule has 6 heteroatoms. The molecule has 1 aliphatic rings. The van der Waals surface area contributed by atoms with Crippen LogP contribution in [0.3, 0.4) is 0 Å². The van der Waals surface area contributed by atoms with Gasteiger partial charge in [-0.2, -0.15) is 0 Å². The van der Waals surface area contributed by atoms with Crippen LogP contribution in [0.4, 0.5) is 5.13 Å². The Morgan fingerprint density at radius 2 is 2.26 bits per heavy atom. The lowest BCUT2D eigenvalue weighted by molar-refractivity contribution is -0.118. The lowest BCUT2D eigenvalue weighted by atomic mass is 10.2. The maximum absolute atomic E-state index is 12.0. The van der Waals surface area contributed by atoms with Crippen molar-refractivity contribution in [2.75, 3.05) is 11.9 Å². The zero-order valence-electron chi connectivity index (χ0n) is 11.4. The van der Waals surface area contributed by atoms with Crippen LogP contribution in [0.5, 0.6) is 0 Å². The van der Waals surface area contributed by atoms with Crippen LogP contribution in [0.2, 0.25) is 0 Å². The number of hydrogen-bond acceptors (Lipinski definition) is 6. The van der Waals surface area contributed by atoms with Gasteiger partial charge in [0.25, 0.3) is 0 Å². The average Bonchev–Trinajstić information content (AvgIpc) is 2.75. The summed E-state index contributed by atoms with van der Waals surface area (Å²) in [4.78, 5) is 12.0. The van der Waals surface area contributed by atoms with E-state index in [0.29, 0.717) is 5.78 Å². The molecule has 0 bridgehead atoms. The molecule has 1 aromatic rings. The highest BCUT2D eigenvalue weighted by atomic mass is 32.2. The Morgan fingerprint density at radius 3 is 3.11 bits per heavy atom. The molecule has 1 aliphatic carbocycles. The molecule has 0 aromatic carbocycles. The van der Waals surface area contributed by atoms with Gasteiger partial charge >= 0.3 is 0 Å². The largest absolute Gasteiger partial charge is 0.360 e. The number of Topliss-reactive ketones (excluding diaryl/α,β-unsaturated/α-hetero) is 1. The van der Waals surface area contributed by atoms with Gasteiger partial charge in [-0.25, -0.2) is 0 Å². The molecule has 1 aromatic heterocycles. The van der Waals surface area contributed by atoms with Gasteiger partial charge in [0.1, 0.15) is 5.78 Å². The van der Waals surface area contributed by atoms with Crippen molar-refractivity contribution in [3.05, 3.63) is 0 Å². The van der Waals surface area contributed by atoms with E-state index in [1.165, 1.54) is 12.8 Å². The van der Waals surface area contributed by atoms with Gasteiger partial charge in [0.2, 0.25) is 5.13 Å². The number of thioether (sulfide) groups is 1. The molecule has 106 valence electrons. The van der Waals surface area contributed by atoms with E-state index >= 15 is 0 Å². The summed E-state index contributed by atoms with van der Waals surface area (Å²) in [6.45, 7) is 3.11. The fourth-order valence-corrected chi connectivity index (χ4v) is 4.22. The molecule has 0 amide bonds. The second-order valence-corrected chi connectivity index (χ2v) is 7.25. The summed E-state index contributed by atoms with van der Waals surface area (Å²) in [5.74, 6) is 0.387. The smallest absolute Gasteiger partial charge is 0.206 e. The number of nitrogens with zero attached hydrogens (tertiary/aromatic N) is 2. The van der Waals surface area contributed by atoms with Gasteiger partial charge in [-0.05, 0) is 19.3 Å². The van der Waals surface area contributed by atoms with Crippen LogP contribution < -0.4 is 5.32 Å². The Hall–Kier alpha value is -0.620. The predicted octanol–water partition coefficient (Wildman–Crippen LogP) is 3.74. The topological polar surface area (TPSA) is 54.9 Å². The molecule has 0 radical (unpaired) electrons. The first-order valence-electron chi connectivity index (χ1n) is 7.06. The number of carbonyl (C=O) groups is 1. The number of hydrogen-bond donors (Lipinski definition) is 1. The fourth-order valence-electron chi connectivity index (χ4n) is 2.07. The first-order valence-corrected chi connectivity index (χ1v) is 8.76. The molecule has 4 nitrogen and oxygen atoms in total. The van der Waals surface area contributed by atoms with E-state index in [9.17, 15) is 4.79 Å². The summed E-state index contributed by atoms with van der Waals surface area (Å²) >= 11 is 3.16. The van der Waals surface area contributed by atoms with Crippen molar-refractivity contribution >= 4 is 34.0 Å². The van der Waals surface area contributed by atoms with Crippen LogP contribution >= 0.6 is 23.1 Å². The minimum Gasteiger partial charge on any atom is -0.360 e. The lowest BCUT2D eigenvalue weighted by Gasteiger charge is -2.09. The zero-order chi connectivity index (χ0) is 13.5. The molecule has 1 saturated carbocycles. The highest BCUT2D eigenvalue weighted by molar-refractivity contribution is 8.02. The highest BCUT2D eigenvalue weighted by Gasteiger charge is 2.23. The maximum atomic E-state index is 12.0. The summed E-state index contributed by atoms with van der Waals surface area (Å²) in [7, 11) is 0. The van der Waals surface area contributed by atoms with Gasteiger partial charge < -0.3 is 5.32 Å². The van der Waals surface area contributed by atoms with Crippen molar-refractivity contribution in [3.63, 3.8) is 0 Å². The Morgan fingerprint density at radius 1 is 1.37 bits per heavy atom. The van der Waals surface area contributed by atoms with Gasteiger partial charge in [-0.3, -0.25) is 4.79 Å². The standard InChI is InChI=1S/C13H21N3OS2/c1-2-3-9-14-12-15-16-13(19-12)18-11-8-6-4-5-7-10(11)17/h11H,2-9H2,1H3,(H,14,15). The monoisotopic (exact) mass is 299 g/mol. The molecule has 0 aliphatic heterocycles. The van der Waals surface area contributed by atoms with Gasteiger partial charge in [0.15, 0.2) is 4.34 Å². The van der Waals surface area contributed by atoms with E-state index in [1.54, 1.807) is 23.1 Å². The fraction of sp³-hybridized carbons (Fsp3) is 0.769. The maximum Gasteiger partial charge on any atom is 0.206 e. The van der Waals surface area contributed by atoms with Crippen molar-refractivity contribution < 1.29 is 4.79 Å². The van der Waals surface area contributed by atoms with Crippen molar-refractivity contribution in [1.82, 2.24) is 10.2 Å². The molecule has 1 unspecified atom stereocenters. The number of carbonyl (C=O) groups excluding carboxylic acids is 1. The van der Waals surface area contributed by atoms with E-state index in [-0.39, 0.29) is 5.25 Å². The molecular weight excluding hydrogens is 278 g/mol. The molecule has 1 heterocycles. The number of rotatable bonds is 6. The summed E-state index contributed by atoms with van der Waals surface area (Å²) in [5.41, 5.74) is 0.